The smallest absolute Gasteiger partial charge is 0.169 e. The Labute approximate surface area is 128 Å². The molecule has 1 N–H and O–H groups in total. The number of Topliss-reactive ketones (excluding diaryl/α,β-unsaturated/α-hetero) is 1. The zero-order valence-electron chi connectivity index (χ0n) is 12.4. The molecular weight excluding hydrogens is 278 g/mol. The number of carbonyl (C=O) groups is 1. The molecule has 0 spiro atoms. The topological polar surface area (TPSA) is 59.4 Å². The first-order valence-electron chi connectivity index (χ1n) is 7.58. The number of aromatic hydroxyl groups is 1. The lowest BCUT2D eigenvalue weighted by Gasteiger charge is -2.28. The molecule has 0 fully saturated rings. The maximum atomic E-state index is 12.8. The quantitative estimate of drug-likeness (QED) is 0.878. The Morgan fingerprint density at radius 2 is 2.09 bits per heavy atom. The molecule has 112 valence electrons. The van der Waals surface area contributed by atoms with Gasteiger partial charge in [0.25, 0.3) is 0 Å². The minimum absolute atomic E-state index is 0.119. The van der Waals surface area contributed by atoms with Gasteiger partial charge in [-0.1, -0.05) is 24.3 Å². The van der Waals surface area contributed by atoms with Crippen LogP contribution in [0.15, 0.2) is 30.5 Å². The van der Waals surface area contributed by atoms with Gasteiger partial charge in [0.1, 0.15) is 5.75 Å². The van der Waals surface area contributed by atoms with Crippen LogP contribution in [-0.4, -0.2) is 15.9 Å². The van der Waals surface area contributed by atoms with Crippen molar-refractivity contribution < 1.29 is 14.6 Å². The van der Waals surface area contributed by atoms with Crippen LogP contribution in [0.3, 0.4) is 0 Å². The summed E-state index contributed by atoms with van der Waals surface area (Å²) in [4.78, 5) is 17.0. The summed E-state index contributed by atoms with van der Waals surface area (Å²) >= 11 is 0. The summed E-state index contributed by atoms with van der Waals surface area (Å²) in [6.45, 7) is 2.18. The van der Waals surface area contributed by atoms with Crippen LogP contribution in [-0.2, 0) is 17.8 Å². The van der Waals surface area contributed by atoms with Gasteiger partial charge in [0.2, 0.25) is 0 Å². The number of hydrogen-bond donors (Lipinski definition) is 1. The third-order valence-electron chi connectivity index (χ3n) is 4.77. The average Bonchev–Trinajstić information content (AvgIpc) is 2.96. The van der Waals surface area contributed by atoms with Crippen LogP contribution in [0, 0.1) is 12.8 Å². The molecule has 22 heavy (non-hydrogen) atoms. The van der Waals surface area contributed by atoms with Gasteiger partial charge in [0.15, 0.2) is 5.78 Å². The molecule has 0 amide bonds. The van der Waals surface area contributed by atoms with Crippen LogP contribution in [0.25, 0.3) is 0 Å². The number of aryl methyl sites for hydroxylation is 2. The van der Waals surface area contributed by atoms with Crippen molar-refractivity contribution in [1.82, 2.24) is 4.98 Å². The third kappa shape index (κ3) is 1.87. The van der Waals surface area contributed by atoms with Crippen LogP contribution in [0.4, 0.5) is 0 Å². The van der Waals surface area contributed by atoms with Crippen molar-refractivity contribution in [2.75, 3.05) is 0 Å². The normalized spacial score (nSPS) is 23.2. The summed E-state index contributed by atoms with van der Waals surface area (Å²) in [6.07, 6.45) is 3.00. The molecule has 0 bridgehead atoms. The van der Waals surface area contributed by atoms with E-state index in [1.165, 1.54) is 0 Å². The molecule has 2 heterocycles. The van der Waals surface area contributed by atoms with Gasteiger partial charge >= 0.3 is 0 Å². The molecule has 0 saturated heterocycles. The minimum Gasteiger partial charge on any atom is -0.506 e. The van der Waals surface area contributed by atoms with E-state index in [9.17, 15) is 9.90 Å². The number of benzene rings is 1. The zero-order chi connectivity index (χ0) is 15.3. The van der Waals surface area contributed by atoms with Crippen molar-refractivity contribution in [2.45, 2.75) is 32.5 Å². The van der Waals surface area contributed by atoms with Gasteiger partial charge in [0, 0.05) is 22.9 Å². The van der Waals surface area contributed by atoms with Crippen molar-refractivity contribution in [2.24, 2.45) is 5.92 Å². The summed E-state index contributed by atoms with van der Waals surface area (Å²) in [5, 5.41) is 10.3. The molecule has 0 saturated carbocycles. The number of rotatable bonds is 1. The van der Waals surface area contributed by atoms with Crippen molar-refractivity contribution in [1.29, 1.82) is 0 Å². The summed E-state index contributed by atoms with van der Waals surface area (Å²) in [5.41, 5.74) is 4.13. The second-order valence-corrected chi connectivity index (χ2v) is 6.03. The molecule has 2 aromatic rings. The average molecular weight is 295 g/mol. The molecule has 0 radical (unpaired) electrons. The van der Waals surface area contributed by atoms with E-state index in [0.717, 1.165) is 35.1 Å². The summed E-state index contributed by atoms with van der Waals surface area (Å²) in [7, 11) is 0. The van der Waals surface area contributed by atoms with Crippen molar-refractivity contribution in [3.63, 3.8) is 0 Å². The molecule has 2 atom stereocenters. The van der Waals surface area contributed by atoms with Gasteiger partial charge in [-0.3, -0.25) is 9.78 Å². The minimum atomic E-state index is -0.363. The second-order valence-electron chi connectivity index (χ2n) is 6.03. The Morgan fingerprint density at radius 1 is 1.27 bits per heavy atom. The Morgan fingerprint density at radius 3 is 2.95 bits per heavy atom. The first-order valence-corrected chi connectivity index (χ1v) is 7.58. The number of ketones is 1. The van der Waals surface area contributed by atoms with Crippen LogP contribution in [0.2, 0.25) is 0 Å². The van der Waals surface area contributed by atoms with E-state index in [-0.39, 0.29) is 23.6 Å². The highest BCUT2D eigenvalue weighted by molar-refractivity contribution is 6.00. The van der Waals surface area contributed by atoms with Crippen molar-refractivity contribution >= 4 is 5.78 Å². The molecule has 1 aliphatic carbocycles. The number of ether oxygens (including phenoxy) is 1. The molecule has 2 unspecified atom stereocenters. The Bertz CT molecular complexity index is 769. The fraction of sp³-hybridized carbons (Fsp3) is 0.333. The standard InChI is InChI=1S/C18H17NO3/c1-10-16(20)15-12(8-19-10)9-22-18(15)14-7-6-11-4-2-3-5-13(11)17(14)21/h2-5,8,14,18,20H,6-7,9H2,1H3. The Kier molecular flexibility index (Phi) is 3.01. The van der Waals surface area contributed by atoms with E-state index in [1.807, 2.05) is 24.3 Å². The Hall–Kier alpha value is -2.20. The van der Waals surface area contributed by atoms with E-state index in [4.69, 9.17) is 4.74 Å². The maximum absolute atomic E-state index is 12.8. The third-order valence-corrected chi connectivity index (χ3v) is 4.77. The number of aromatic nitrogens is 1. The fourth-order valence-corrected chi connectivity index (χ4v) is 3.57. The highest BCUT2D eigenvalue weighted by Crippen LogP contribution is 2.45. The first kappa shape index (κ1) is 13.5. The monoisotopic (exact) mass is 295 g/mol. The number of carbonyl (C=O) groups excluding carboxylic acids is 1. The van der Waals surface area contributed by atoms with Gasteiger partial charge in [0.05, 0.1) is 24.3 Å². The van der Waals surface area contributed by atoms with Crippen molar-refractivity contribution in [3.05, 3.63) is 58.4 Å². The SMILES string of the molecule is Cc1ncc2c(c1O)C(C1CCc3ccccc3C1=O)OC2. The number of pyridine rings is 1. The number of hydrogen-bond acceptors (Lipinski definition) is 4. The summed E-state index contributed by atoms with van der Waals surface area (Å²) < 4.78 is 5.86. The van der Waals surface area contributed by atoms with Gasteiger partial charge in [-0.25, -0.2) is 0 Å². The van der Waals surface area contributed by atoms with E-state index in [0.29, 0.717) is 12.3 Å². The highest BCUT2D eigenvalue weighted by atomic mass is 16.5. The lowest BCUT2D eigenvalue weighted by Crippen LogP contribution is -2.28. The molecule has 4 nitrogen and oxygen atoms in total. The van der Waals surface area contributed by atoms with Crippen LogP contribution < -0.4 is 0 Å². The zero-order valence-corrected chi connectivity index (χ0v) is 12.4. The summed E-state index contributed by atoms with van der Waals surface area (Å²) in [6, 6.07) is 7.76. The van der Waals surface area contributed by atoms with Crippen LogP contribution in [0.1, 0.15) is 45.3 Å². The van der Waals surface area contributed by atoms with Crippen LogP contribution in [0.5, 0.6) is 5.75 Å². The molecule has 1 aromatic heterocycles. The summed E-state index contributed by atoms with van der Waals surface area (Å²) in [5.74, 6) is 0.0593. The molecule has 4 heteroatoms. The fourth-order valence-electron chi connectivity index (χ4n) is 3.57. The lowest BCUT2D eigenvalue weighted by atomic mass is 9.78. The highest BCUT2D eigenvalue weighted by Gasteiger charge is 2.40. The lowest BCUT2D eigenvalue weighted by molar-refractivity contribution is 0.0189. The number of fused-ring (bicyclic) bond motifs is 2. The van der Waals surface area contributed by atoms with Crippen molar-refractivity contribution in [3.8, 4) is 5.75 Å². The predicted octanol–water partition coefficient (Wildman–Crippen LogP) is 3.11. The first-order chi connectivity index (χ1) is 10.7. The largest absolute Gasteiger partial charge is 0.506 e. The molecule has 2 aliphatic rings. The number of nitrogens with zero attached hydrogens (tertiary/aromatic N) is 1. The van der Waals surface area contributed by atoms with E-state index in [2.05, 4.69) is 4.98 Å². The van der Waals surface area contributed by atoms with E-state index >= 15 is 0 Å². The van der Waals surface area contributed by atoms with Gasteiger partial charge in [-0.15, -0.1) is 0 Å². The van der Waals surface area contributed by atoms with E-state index in [1.54, 1.807) is 13.1 Å². The maximum Gasteiger partial charge on any atom is 0.169 e. The molecular formula is C18H17NO3. The van der Waals surface area contributed by atoms with Crippen LogP contribution >= 0.6 is 0 Å². The van der Waals surface area contributed by atoms with Gasteiger partial charge in [-0.2, -0.15) is 0 Å². The predicted molar refractivity (Wildman–Crippen MR) is 80.8 cm³/mol. The molecule has 1 aliphatic heterocycles. The van der Waals surface area contributed by atoms with E-state index < -0.39 is 0 Å². The van der Waals surface area contributed by atoms with Gasteiger partial charge < -0.3 is 9.84 Å². The Balaban J connectivity index is 1.75. The van der Waals surface area contributed by atoms with Gasteiger partial charge in [-0.05, 0) is 25.3 Å². The molecule has 1 aromatic carbocycles. The molecule has 4 rings (SSSR count). The second kappa shape index (κ2) is 4.92.